The Hall–Kier alpha value is -1.35. The van der Waals surface area contributed by atoms with Crippen molar-refractivity contribution in [2.45, 2.75) is 17.9 Å². The van der Waals surface area contributed by atoms with Crippen LogP contribution in [-0.4, -0.2) is 14.5 Å². The Balaban J connectivity index is 3.17. The Kier molecular flexibility index (Phi) is 4.29. The van der Waals surface area contributed by atoms with Crippen molar-refractivity contribution in [3.8, 4) is 6.07 Å². The van der Waals surface area contributed by atoms with Gasteiger partial charge < -0.3 is 0 Å². The lowest BCUT2D eigenvalue weighted by atomic mass is 10.2. The van der Waals surface area contributed by atoms with Crippen molar-refractivity contribution < 1.29 is 8.42 Å². The number of nitrogens with one attached hydrogen (secondary N) is 1. The van der Waals surface area contributed by atoms with E-state index in [1.165, 1.54) is 24.3 Å². The SMILES string of the molecule is C=C[C@@H](C)NS(=O)(=O)c1ccc(C#N)cc1Cl. The van der Waals surface area contributed by atoms with Gasteiger partial charge in [-0.1, -0.05) is 17.7 Å². The van der Waals surface area contributed by atoms with E-state index in [2.05, 4.69) is 11.3 Å². The number of nitrogens with zero attached hydrogens (tertiary/aromatic N) is 1. The summed E-state index contributed by atoms with van der Waals surface area (Å²) in [6.07, 6.45) is 1.47. The standard InChI is InChI=1S/C11H11ClN2O2S/c1-3-8(2)14-17(15,16)11-5-4-9(7-13)6-10(11)12/h3-6,8,14H,1H2,2H3/t8-/m1/s1. The number of hydrogen-bond acceptors (Lipinski definition) is 3. The van der Waals surface area contributed by atoms with Gasteiger partial charge in [-0.25, -0.2) is 13.1 Å². The molecule has 0 radical (unpaired) electrons. The molecule has 0 fully saturated rings. The molecule has 0 amide bonds. The first kappa shape index (κ1) is 13.7. The molecule has 0 aliphatic carbocycles. The van der Waals surface area contributed by atoms with Gasteiger partial charge in [0.15, 0.2) is 0 Å². The smallest absolute Gasteiger partial charge is 0.207 e. The van der Waals surface area contributed by atoms with Gasteiger partial charge in [0.1, 0.15) is 4.90 Å². The number of benzene rings is 1. The second-order valence-corrected chi connectivity index (χ2v) is 5.49. The van der Waals surface area contributed by atoms with E-state index in [4.69, 9.17) is 16.9 Å². The van der Waals surface area contributed by atoms with E-state index in [1.807, 2.05) is 6.07 Å². The Labute approximate surface area is 106 Å². The van der Waals surface area contributed by atoms with Crippen LogP contribution >= 0.6 is 11.6 Å². The zero-order valence-electron chi connectivity index (χ0n) is 9.14. The van der Waals surface area contributed by atoms with Crippen molar-refractivity contribution in [1.29, 1.82) is 5.26 Å². The average Bonchev–Trinajstić information content (AvgIpc) is 2.27. The number of halogens is 1. The molecule has 1 atom stereocenters. The highest BCUT2D eigenvalue weighted by molar-refractivity contribution is 7.89. The van der Waals surface area contributed by atoms with Gasteiger partial charge in [-0.3, -0.25) is 0 Å². The normalized spacial score (nSPS) is 12.8. The molecule has 1 aromatic carbocycles. The summed E-state index contributed by atoms with van der Waals surface area (Å²) in [6, 6.07) is 5.51. The Bertz CT molecular complexity index is 576. The van der Waals surface area contributed by atoms with Crippen LogP contribution in [0.2, 0.25) is 5.02 Å². The lowest BCUT2D eigenvalue weighted by Crippen LogP contribution is -2.31. The van der Waals surface area contributed by atoms with Crippen LogP contribution in [0.25, 0.3) is 0 Å². The van der Waals surface area contributed by atoms with Crippen LogP contribution in [0.4, 0.5) is 0 Å². The largest absolute Gasteiger partial charge is 0.242 e. The lowest BCUT2D eigenvalue weighted by molar-refractivity contribution is 0.576. The summed E-state index contributed by atoms with van der Waals surface area (Å²) in [7, 11) is -3.69. The molecule has 0 saturated carbocycles. The summed E-state index contributed by atoms with van der Waals surface area (Å²) >= 11 is 5.82. The highest BCUT2D eigenvalue weighted by Crippen LogP contribution is 2.22. The second-order valence-electron chi connectivity index (χ2n) is 3.40. The quantitative estimate of drug-likeness (QED) is 0.852. The van der Waals surface area contributed by atoms with Crippen LogP contribution in [0.5, 0.6) is 0 Å². The molecule has 0 spiro atoms. The summed E-state index contributed by atoms with van der Waals surface area (Å²) in [5.74, 6) is 0. The number of sulfonamides is 1. The van der Waals surface area contributed by atoms with E-state index < -0.39 is 16.1 Å². The van der Waals surface area contributed by atoms with E-state index in [9.17, 15) is 8.42 Å². The van der Waals surface area contributed by atoms with Crippen molar-refractivity contribution in [2.75, 3.05) is 0 Å². The fourth-order valence-electron chi connectivity index (χ4n) is 1.14. The maximum atomic E-state index is 11.9. The molecule has 0 heterocycles. The van der Waals surface area contributed by atoms with Crippen molar-refractivity contribution in [3.63, 3.8) is 0 Å². The van der Waals surface area contributed by atoms with E-state index in [0.717, 1.165) is 0 Å². The van der Waals surface area contributed by atoms with Gasteiger partial charge in [0.2, 0.25) is 10.0 Å². The Morgan fingerprint density at radius 2 is 2.24 bits per heavy atom. The van der Waals surface area contributed by atoms with Gasteiger partial charge in [-0.15, -0.1) is 6.58 Å². The van der Waals surface area contributed by atoms with Crippen molar-refractivity contribution in [2.24, 2.45) is 0 Å². The molecule has 0 aliphatic rings. The van der Waals surface area contributed by atoms with Gasteiger partial charge >= 0.3 is 0 Å². The van der Waals surface area contributed by atoms with Crippen LogP contribution < -0.4 is 4.72 Å². The molecule has 0 saturated heterocycles. The molecule has 90 valence electrons. The molecule has 0 aromatic heterocycles. The minimum absolute atomic E-state index is 0.0211. The van der Waals surface area contributed by atoms with Crippen LogP contribution in [0.15, 0.2) is 35.7 Å². The average molecular weight is 271 g/mol. The van der Waals surface area contributed by atoms with E-state index in [1.54, 1.807) is 6.92 Å². The summed E-state index contributed by atoms with van der Waals surface area (Å²) in [5.41, 5.74) is 0.311. The molecule has 0 bridgehead atoms. The summed E-state index contributed by atoms with van der Waals surface area (Å²) < 4.78 is 26.2. The van der Waals surface area contributed by atoms with Gasteiger partial charge in [0.25, 0.3) is 0 Å². The van der Waals surface area contributed by atoms with Gasteiger partial charge in [-0.2, -0.15) is 5.26 Å². The third-order valence-corrected chi connectivity index (χ3v) is 4.09. The third kappa shape index (κ3) is 3.30. The van der Waals surface area contributed by atoms with Crippen LogP contribution in [-0.2, 0) is 10.0 Å². The van der Waals surface area contributed by atoms with Crippen LogP contribution in [0.1, 0.15) is 12.5 Å². The summed E-state index contributed by atoms with van der Waals surface area (Å²) in [5, 5.41) is 8.67. The van der Waals surface area contributed by atoms with Crippen molar-refractivity contribution in [3.05, 3.63) is 41.4 Å². The lowest BCUT2D eigenvalue weighted by Gasteiger charge is -2.11. The topological polar surface area (TPSA) is 70.0 Å². The van der Waals surface area contributed by atoms with Crippen molar-refractivity contribution >= 4 is 21.6 Å². The third-order valence-electron chi connectivity index (χ3n) is 2.05. The number of hydrogen-bond donors (Lipinski definition) is 1. The monoisotopic (exact) mass is 270 g/mol. The molecule has 4 nitrogen and oxygen atoms in total. The molecule has 0 aliphatic heterocycles. The zero-order valence-corrected chi connectivity index (χ0v) is 10.7. The van der Waals surface area contributed by atoms with E-state index in [-0.39, 0.29) is 9.92 Å². The predicted molar refractivity (Wildman–Crippen MR) is 66.1 cm³/mol. The first-order valence-electron chi connectivity index (χ1n) is 4.75. The van der Waals surface area contributed by atoms with Gasteiger partial charge in [0, 0.05) is 6.04 Å². The fourth-order valence-corrected chi connectivity index (χ4v) is 2.91. The Morgan fingerprint density at radius 1 is 1.59 bits per heavy atom. The number of rotatable bonds is 4. The zero-order chi connectivity index (χ0) is 13.1. The highest BCUT2D eigenvalue weighted by Gasteiger charge is 2.19. The molecule has 1 rings (SSSR count). The fraction of sp³-hybridized carbons (Fsp3) is 0.182. The first-order chi connectivity index (χ1) is 7.90. The molecule has 1 N–H and O–H groups in total. The Morgan fingerprint density at radius 3 is 2.71 bits per heavy atom. The predicted octanol–water partition coefficient (Wildman–Crippen LogP) is 2.06. The van der Waals surface area contributed by atoms with E-state index in [0.29, 0.717) is 5.56 Å². The molecule has 17 heavy (non-hydrogen) atoms. The maximum Gasteiger partial charge on any atom is 0.242 e. The molecule has 6 heteroatoms. The van der Waals surface area contributed by atoms with Gasteiger partial charge in [-0.05, 0) is 25.1 Å². The summed E-state index contributed by atoms with van der Waals surface area (Å²) in [6.45, 7) is 5.14. The minimum atomic E-state index is -3.69. The first-order valence-corrected chi connectivity index (χ1v) is 6.61. The highest BCUT2D eigenvalue weighted by atomic mass is 35.5. The molecular weight excluding hydrogens is 260 g/mol. The van der Waals surface area contributed by atoms with Crippen LogP contribution in [0.3, 0.4) is 0 Å². The van der Waals surface area contributed by atoms with E-state index >= 15 is 0 Å². The molecular formula is C11H11ClN2O2S. The summed E-state index contributed by atoms with van der Waals surface area (Å²) in [4.78, 5) is -0.0492. The second kappa shape index (κ2) is 5.32. The maximum absolute atomic E-state index is 11.9. The molecule has 0 unspecified atom stereocenters. The van der Waals surface area contributed by atoms with Crippen molar-refractivity contribution in [1.82, 2.24) is 4.72 Å². The number of nitriles is 1. The molecule has 1 aromatic rings. The van der Waals surface area contributed by atoms with Gasteiger partial charge in [0.05, 0.1) is 16.7 Å². The van der Waals surface area contributed by atoms with Crippen LogP contribution in [0, 0.1) is 11.3 Å². The minimum Gasteiger partial charge on any atom is -0.207 e.